The molecule has 3 N–H and O–H groups in total. The Hall–Kier alpha value is -1.58. The fourth-order valence-electron chi connectivity index (χ4n) is 2.90. The van der Waals surface area contributed by atoms with Crippen molar-refractivity contribution < 1.29 is 9.18 Å². The normalized spacial score (nSPS) is 29.8. The Bertz CT molecular complexity index is 474. The van der Waals surface area contributed by atoms with E-state index in [9.17, 15) is 9.18 Å². The second kappa shape index (κ2) is 3.72. The van der Waals surface area contributed by atoms with E-state index in [-0.39, 0.29) is 5.56 Å². The number of nitrogens with one attached hydrogen (secondary N) is 1. The molecule has 2 aliphatic rings. The van der Waals surface area contributed by atoms with E-state index < -0.39 is 11.7 Å². The first-order chi connectivity index (χ1) is 8.15. The lowest BCUT2D eigenvalue weighted by molar-refractivity contribution is 0.0996. The Kier molecular flexibility index (Phi) is 2.31. The van der Waals surface area contributed by atoms with E-state index in [1.165, 1.54) is 31.4 Å². The van der Waals surface area contributed by atoms with Crippen LogP contribution >= 0.6 is 0 Å². The predicted octanol–water partition coefficient (Wildman–Crippen LogP) is 2.13. The van der Waals surface area contributed by atoms with Gasteiger partial charge in [0.1, 0.15) is 5.82 Å². The highest BCUT2D eigenvalue weighted by Crippen LogP contribution is 2.52. The van der Waals surface area contributed by atoms with Gasteiger partial charge in [0.05, 0.1) is 5.56 Å². The number of carbonyl (C=O) groups is 1. The van der Waals surface area contributed by atoms with Crippen LogP contribution in [0.2, 0.25) is 0 Å². The number of nitrogens with two attached hydrogens (primary N) is 1. The minimum Gasteiger partial charge on any atom is -0.382 e. The summed E-state index contributed by atoms with van der Waals surface area (Å²) >= 11 is 0. The predicted molar refractivity (Wildman–Crippen MR) is 63.2 cm³/mol. The average molecular weight is 234 g/mol. The standard InChI is InChI=1S/C13H15FN2O/c14-11-3-2-8(6-10(11)13(15)17)16-12-4-1-7-5-9(7)12/h2-3,6-7,9,12,16H,1,4-5H2,(H2,15,17). The van der Waals surface area contributed by atoms with Crippen molar-refractivity contribution in [2.24, 2.45) is 17.6 Å². The van der Waals surface area contributed by atoms with E-state index in [1.807, 2.05) is 0 Å². The van der Waals surface area contributed by atoms with Crippen LogP contribution in [0.1, 0.15) is 29.6 Å². The molecule has 1 aromatic rings. The van der Waals surface area contributed by atoms with Crippen LogP contribution in [0.5, 0.6) is 0 Å². The van der Waals surface area contributed by atoms with Crippen LogP contribution in [0.4, 0.5) is 10.1 Å². The number of amides is 1. The van der Waals surface area contributed by atoms with Crippen molar-refractivity contribution in [1.82, 2.24) is 0 Å². The summed E-state index contributed by atoms with van der Waals surface area (Å²) in [4.78, 5) is 11.0. The molecule has 0 radical (unpaired) electrons. The summed E-state index contributed by atoms with van der Waals surface area (Å²) in [5.74, 6) is 0.390. The summed E-state index contributed by atoms with van der Waals surface area (Å²) in [6.07, 6.45) is 3.76. The zero-order valence-corrected chi connectivity index (χ0v) is 9.45. The maximum atomic E-state index is 13.3. The zero-order chi connectivity index (χ0) is 12.0. The van der Waals surface area contributed by atoms with E-state index in [0.717, 1.165) is 17.5 Å². The molecule has 90 valence electrons. The third kappa shape index (κ3) is 1.88. The van der Waals surface area contributed by atoms with Gasteiger partial charge in [-0.05, 0) is 49.3 Å². The molecule has 0 bridgehead atoms. The van der Waals surface area contributed by atoms with Crippen molar-refractivity contribution in [2.45, 2.75) is 25.3 Å². The van der Waals surface area contributed by atoms with Gasteiger partial charge >= 0.3 is 0 Å². The van der Waals surface area contributed by atoms with Gasteiger partial charge in [0.2, 0.25) is 0 Å². The van der Waals surface area contributed by atoms with Crippen molar-refractivity contribution in [3.8, 4) is 0 Å². The quantitative estimate of drug-likeness (QED) is 0.841. The highest BCUT2D eigenvalue weighted by atomic mass is 19.1. The van der Waals surface area contributed by atoms with Crippen molar-refractivity contribution in [2.75, 3.05) is 5.32 Å². The van der Waals surface area contributed by atoms with Crippen molar-refractivity contribution in [3.63, 3.8) is 0 Å². The zero-order valence-electron chi connectivity index (χ0n) is 9.45. The van der Waals surface area contributed by atoms with Gasteiger partial charge in [0, 0.05) is 11.7 Å². The largest absolute Gasteiger partial charge is 0.382 e. The minimum absolute atomic E-state index is 0.0413. The summed E-state index contributed by atoms with van der Waals surface area (Å²) in [6.45, 7) is 0. The van der Waals surface area contributed by atoms with E-state index in [1.54, 1.807) is 6.07 Å². The number of benzene rings is 1. The van der Waals surface area contributed by atoms with E-state index in [4.69, 9.17) is 5.73 Å². The van der Waals surface area contributed by atoms with E-state index in [2.05, 4.69) is 5.32 Å². The molecule has 3 nitrogen and oxygen atoms in total. The highest BCUT2D eigenvalue weighted by Gasteiger charge is 2.47. The van der Waals surface area contributed by atoms with E-state index in [0.29, 0.717) is 6.04 Å². The number of rotatable bonds is 3. The van der Waals surface area contributed by atoms with Gasteiger partial charge in [0.25, 0.3) is 5.91 Å². The second-order valence-electron chi connectivity index (χ2n) is 5.05. The van der Waals surface area contributed by atoms with Gasteiger partial charge in [-0.3, -0.25) is 4.79 Å². The van der Waals surface area contributed by atoms with Crippen LogP contribution in [-0.2, 0) is 0 Å². The SMILES string of the molecule is NC(=O)c1cc(NC2CCC3CC32)ccc1F. The van der Waals surface area contributed by atoms with Crippen LogP contribution in [0.25, 0.3) is 0 Å². The first kappa shape index (κ1) is 10.6. The third-order valence-corrected chi connectivity index (χ3v) is 3.93. The number of anilines is 1. The molecule has 0 aromatic heterocycles. The number of carbonyl (C=O) groups excluding carboxylic acids is 1. The molecule has 1 aromatic carbocycles. The molecule has 3 atom stereocenters. The lowest BCUT2D eigenvalue weighted by atomic mass is 10.1. The molecule has 1 amide bonds. The minimum atomic E-state index is -0.720. The average Bonchev–Trinajstić information content (AvgIpc) is 2.98. The van der Waals surface area contributed by atoms with Gasteiger partial charge in [-0.25, -0.2) is 4.39 Å². The van der Waals surface area contributed by atoms with Gasteiger partial charge in [0.15, 0.2) is 0 Å². The Labute approximate surface area is 99.2 Å². The van der Waals surface area contributed by atoms with Gasteiger partial charge in [-0.2, -0.15) is 0 Å². The molecular weight excluding hydrogens is 219 g/mol. The Morgan fingerprint density at radius 1 is 1.41 bits per heavy atom. The molecule has 0 saturated heterocycles. The lowest BCUT2D eigenvalue weighted by Crippen LogP contribution is -2.20. The Morgan fingerprint density at radius 2 is 2.24 bits per heavy atom. The molecular formula is C13H15FN2O. The molecule has 4 heteroatoms. The number of primary amides is 1. The van der Waals surface area contributed by atoms with Gasteiger partial charge < -0.3 is 11.1 Å². The first-order valence-corrected chi connectivity index (χ1v) is 6.01. The van der Waals surface area contributed by atoms with E-state index >= 15 is 0 Å². The van der Waals surface area contributed by atoms with Crippen LogP contribution in [-0.4, -0.2) is 11.9 Å². The number of hydrogen-bond acceptors (Lipinski definition) is 2. The van der Waals surface area contributed by atoms with Gasteiger partial charge in [-0.15, -0.1) is 0 Å². The summed E-state index contributed by atoms with van der Waals surface area (Å²) in [6, 6.07) is 4.94. The molecule has 2 fully saturated rings. The molecule has 0 spiro atoms. The topological polar surface area (TPSA) is 55.1 Å². The van der Waals surface area contributed by atoms with Crippen LogP contribution < -0.4 is 11.1 Å². The van der Waals surface area contributed by atoms with Crippen LogP contribution in [0.15, 0.2) is 18.2 Å². The van der Waals surface area contributed by atoms with Crippen molar-refractivity contribution >= 4 is 11.6 Å². The molecule has 3 unspecified atom stereocenters. The smallest absolute Gasteiger partial charge is 0.251 e. The Morgan fingerprint density at radius 3 is 2.82 bits per heavy atom. The molecule has 17 heavy (non-hydrogen) atoms. The lowest BCUT2D eigenvalue weighted by Gasteiger charge is -2.16. The van der Waals surface area contributed by atoms with Crippen LogP contribution in [0.3, 0.4) is 0 Å². The van der Waals surface area contributed by atoms with Gasteiger partial charge in [-0.1, -0.05) is 0 Å². The number of hydrogen-bond donors (Lipinski definition) is 2. The Balaban J connectivity index is 1.78. The molecule has 2 saturated carbocycles. The monoisotopic (exact) mass is 234 g/mol. The first-order valence-electron chi connectivity index (χ1n) is 6.01. The molecule has 0 aliphatic heterocycles. The third-order valence-electron chi connectivity index (χ3n) is 3.93. The maximum Gasteiger partial charge on any atom is 0.251 e. The summed E-state index contributed by atoms with van der Waals surface area (Å²) < 4.78 is 13.3. The molecule has 0 heterocycles. The van der Waals surface area contributed by atoms with Crippen molar-refractivity contribution in [3.05, 3.63) is 29.6 Å². The fourth-order valence-corrected chi connectivity index (χ4v) is 2.90. The summed E-state index contributed by atoms with van der Waals surface area (Å²) in [5, 5.41) is 3.38. The highest BCUT2D eigenvalue weighted by molar-refractivity contribution is 5.94. The molecule has 2 aliphatic carbocycles. The number of halogens is 1. The summed E-state index contributed by atoms with van der Waals surface area (Å²) in [5.41, 5.74) is 5.87. The summed E-state index contributed by atoms with van der Waals surface area (Å²) in [7, 11) is 0. The van der Waals surface area contributed by atoms with Crippen molar-refractivity contribution in [1.29, 1.82) is 0 Å². The second-order valence-corrected chi connectivity index (χ2v) is 5.05. The maximum absolute atomic E-state index is 13.3. The van der Waals surface area contributed by atoms with Crippen LogP contribution in [0, 0.1) is 17.7 Å². The number of fused-ring (bicyclic) bond motifs is 1. The fraction of sp³-hybridized carbons (Fsp3) is 0.462. The molecule has 3 rings (SSSR count).